The Kier molecular flexibility index (Phi) is 25.3. The van der Waals surface area contributed by atoms with Crippen molar-refractivity contribution >= 4 is 5.78 Å². The van der Waals surface area contributed by atoms with E-state index in [1.165, 1.54) is 33.4 Å². The fourth-order valence-corrected chi connectivity index (χ4v) is 12.9. The molecule has 74 heavy (non-hydrogen) atoms. The molecule has 6 heterocycles. The number of fused-ring (bicyclic) bond motifs is 9. The van der Waals surface area contributed by atoms with Gasteiger partial charge in [-0.3, -0.25) is 19.5 Å². The standard InChI is InChI=1S/2C19H29NO3.C19H27NO3.C2H6O.2CH4/c3*1-12(2)5-14-9-20-4-3-13-6-15(10-21)16(11-22)7-17(13)18(20)8-19(14)23;1-2-3;;/h2*6-7,12,14,18-19,21-23H,3-5,8-11H2,1-2H3;6-7,12,14,18,21-22H,3-5,8-11H2,1-2H3;3H,2H2,1H3;2*1H4/t2*14-,18-,19+;;;;/m10..../s1. The minimum absolute atomic E-state index is 0. The first kappa shape index (κ1) is 63.4. The zero-order valence-corrected chi connectivity index (χ0v) is 44.6. The Morgan fingerprint density at radius 2 is 0.770 bits per heavy atom. The van der Waals surface area contributed by atoms with Gasteiger partial charge in [0, 0.05) is 76.3 Å². The maximum Gasteiger partial charge on any atom is 0.139 e. The number of hydrogen-bond donors (Lipinski definition) is 9. The summed E-state index contributed by atoms with van der Waals surface area (Å²) >= 11 is 0. The molecular formula is C61H99N3O10. The van der Waals surface area contributed by atoms with Gasteiger partial charge in [-0.1, -0.05) is 92.8 Å². The average Bonchev–Trinajstić information content (AvgIpc) is 3.36. The first-order valence-electron chi connectivity index (χ1n) is 27.3. The number of carbonyl (C=O) groups is 1. The molecule has 2 unspecified atom stereocenters. The van der Waals surface area contributed by atoms with Gasteiger partial charge in [-0.05, 0) is 155 Å². The monoisotopic (exact) mass is 1030 g/mol. The highest BCUT2D eigenvalue weighted by Gasteiger charge is 2.41. The third kappa shape index (κ3) is 15.3. The summed E-state index contributed by atoms with van der Waals surface area (Å²) in [5, 5.41) is 85.9. The Hall–Kier alpha value is -3.15. The van der Waals surface area contributed by atoms with Crippen LogP contribution in [-0.4, -0.2) is 125 Å². The number of rotatable bonds is 12. The van der Waals surface area contributed by atoms with Gasteiger partial charge in [-0.25, -0.2) is 0 Å². The minimum atomic E-state index is -0.250. The van der Waals surface area contributed by atoms with E-state index in [9.17, 15) is 45.6 Å². The molecule has 3 aromatic carbocycles. The van der Waals surface area contributed by atoms with Crippen molar-refractivity contribution < 1.29 is 50.8 Å². The molecule has 3 aromatic rings. The molecule has 9 N–H and O–H groups in total. The highest BCUT2D eigenvalue weighted by molar-refractivity contribution is 5.83. The summed E-state index contributed by atoms with van der Waals surface area (Å²) in [6, 6.07) is 12.9. The van der Waals surface area contributed by atoms with Gasteiger partial charge < -0.3 is 46.0 Å². The van der Waals surface area contributed by atoms with Crippen molar-refractivity contribution in [1.82, 2.24) is 14.7 Å². The number of aliphatic hydroxyl groups is 9. The summed E-state index contributed by atoms with van der Waals surface area (Å²) in [5.74, 6) is 3.04. The highest BCUT2D eigenvalue weighted by Crippen LogP contribution is 2.44. The van der Waals surface area contributed by atoms with Crippen LogP contribution in [0.3, 0.4) is 0 Å². The van der Waals surface area contributed by atoms with Gasteiger partial charge in [0.1, 0.15) is 5.78 Å². The zero-order chi connectivity index (χ0) is 52.4. The minimum Gasteiger partial charge on any atom is -0.397 e. The van der Waals surface area contributed by atoms with E-state index in [1.807, 2.05) is 36.4 Å². The maximum atomic E-state index is 12.6. The van der Waals surface area contributed by atoms with Crippen LogP contribution in [0.4, 0.5) is 0 Å². The number of hydrogen-bond acceptors (Lipinski definition) is 13. The lowest BCUT2D eigenvalue weighted by Gasteiger charge is -2.46. The highest BCUT2D eigenvalue weighted by atomic mass is 16.3. The number of carbonyl (C=O) groups excluding carboxylic acids is 1. The van der Waals surface area contributed by atoms with Crippen LogP contribution in [0.15, 0.2) is 36.4 Å². The Bertz CT molecular complexity index is 2120. The average molecular weight is 1030 g/mol. The van der Waals surface area contributed by atoms with Crippen LogP contribution in [0.1, 0.15) is 187 Å². The van der Waals surface area contributed by atoms with E-state index in [0.29, 0.717) is 41.8 Å². The molecule has 0 aliphatic carbocycles. The Labute approximate surface area is 445 Å². The molecule has 13 heteroatoms. The Morgan fingerprint density at radius 1 is 0.473 bits per heavy atom. The van der Waals surface area contributed by atoms with E-state index in [4.69, 9.17) is 5.11 Å². The van der Waals surface area contributed by atoms with Crippen LogP contribution >= 0.6 is 0 Å². The third-order valence-electron chi connectivity index (χ3n) is 16.4. The fourth-order valence-electron chi connectivity index (χ4n) is 12.9. The van der Waals surface area contributed by atoms with Crippen molar-refractivity contribution in [3.63, 3.8) is 0 Å². The van der Waals surface area contributed by atoms with Crippen molar-refractivity contribution in [1.29, 1.82) is 0 Å². The summed E-state index contributed by atoms with van der Waals surface area (Å²) in [5.41, 5.74) is 12.3. The van der Waals surface area contributed by atoms with Crippen LogP contribution in [0.25, 0.3) is 0 Å². The molecule has 3 saturated heterocycles. The molecule has 418 valence electrons. The number of aliphatic hydroxyl groups excluding tert-OH is 9. The molecule has 0 saturated carbocycles. The van der Waals surface area contributed by atoms with Crippen molar-refractivity contribution in [3.05, 3.63) is 103 Å². The second-order valence-corrected chi connectivity index (χ2v) is 22.9. The molecule has 13 nitrogen and oxygen atoms in total. The topological polar surface area (TPSA) is 209 Å². The van der Waals surface area contributed by atoms with Gasteiger partial charge in [0.25, 0.3) is 0 Å². The van der Waals surface area contributed by atoms with Crippen molar-refractivity contribution in [3.8, 4) is 0 Å². The molecule has 0 aromatic heterocycles. The van der Waals surface area contributed by atoms with Gasteiger partial charge in [-0.15, -0.1) is 0 Å². The van der Waals surface area contributed by atoms with E-state index < -0.39 is 0 Å². The lowest BCUT2D eigenvalue weighted by Crippen LogP contribution is -2.48. The van der Waals surface area contributed by atoms with E-state index in [-0.39, 0.29) is 97.4 Å². The third-order valence-corrected chi connectivity index (χ3v) is 16.4. The van der Waals surface area contributed by atoms with Crippen LogP contribution < -0.4 is 0 Å². The van der Waals surface area contributed by atoms with Crippen LogP contribution in [0.2, 0.25) is 0 Å². The molecule has 0 radical (unpaired) electrons. The molecule has 0 spiro atoms. The number of piperidine rings is 3. The summed E-state index contributed by atoms with van der Waals surface area (Å²) < 4.78 is 0. The van der Waals surface area contributed by atoms with Crippen molar-refractivity contribution in [2.75, 3.05) is 45.9 Å². The quantitative estimate of drug-likeness (QED) is 0.0864. The van der Waals surface area contributed by atoms with E-state index in [1.54, 1.807) is 6.92 Å². The van der Waals surface area contributed by atoms with E-state index in [2.05, 4.69) is 56.2 Å². The zero-order valence-electron chi connectivity index (χ0n) is 44.6. The normalized spacial score (nSPS) is 25.2. The molecule has 3 fully saturated rings. The number of ketones is 1. The first-order chi connectivity index (χ1) is 34.5. The predicted molar refractivity (Wildman–Crippen MR) is 295 cm³/mol. The lowest BCUT2D eigenvalue weighted by atomic mass is 9.78. The largest absolute Gasteiger partial charge is 0.397 e. The molecular weight excluding hydrogens is 935 g/mol. The van der Waals surface area contributed by atoms with Gasteiger partial charge in [0.05, 0.1) is 51.8 Å². The van der Waals surface area contributed by atoms with E-state index in [0.717, 1.165) is 124 Å². The molecule has 0 amide bonds. The lowest BCUT2D eigenvalue weighted by molar-refractivity contribution is -0.129. The number of Topliss-reactive ketones (excluding diaryl/α,β-unsaturated/α-hetero) is 1. The van der Waals surface area contributed by atoms with E-state index >= 15 is 0 Å². The van der Waals surface area contributed by atoms with Crippen LogP contribution in [0.5, 0.6) is 0 Å². The first-order valence-corrected chi connectivity index (χ1v) is 27.3. The maximum absolute atomic E-state index is 12.6. The summed E-state index contributed by atoms with van der Waals surface area (Å²) in [6.07, 6.45) is 7.65. The van der Waals surface area contributed by atoms with Gasteiger partial charge >= 0.3 is 0 Å². The van der Waals surface area contributed by atoms with Gasteiger partial charge in [0.15, 0.2) is 0 Å². The fraction of sp³-hybridized carbons (Fsp3) is 0.689. The second-order valence-electron chi connectivity index (χ2n) is 22.9. The summed E-state index contributed by atoms with van der Waals surface area (Å²) in [6.45, 7) is 20.7. The SMILES string of the molecule is C.C.CC(C)CC1CN2CCc3cc(CO)c(CO)cc3C2CC1=O.CC(C)C[C@@H]1CN2CCc3cc(CO)c(CO)cc3[C@H]2C[C@@H]1O.CC(C)C[C@H]1CN2CCc3cc(CO)c(CO)cc3[C@@H]2C[C@H]1O.CCO. The molecule has 8 atom stereocenters. The van der Waals surface area contributed by atoms with Crippen molar-refractivity contribution in [2.24, 2.45) is 35.5 Å². The number of benzene rings is 3. The second kappa shape index (κ2) is 29.6. The molecule has 6 aliphatic heterocycles. The van der Waals surface area contributed by atoms with Crippen LogP contribution in [0, 0.1) is 35.5 Å². The van der Waals surface area contributed by atoms with Gasteiger partial charge in [0.2, 0.25) is 0 Å². The van der Waals surface area contributed by atoms with Gasteiger partial charge in [-0.2, -0.15) is 0 Å². The summed E-state index contributed by atoms with van der Waals surface area (Å²) in [7, 11) is 0. The number of nitrogens with zero attached hydrogens (tertiary/aromatic N) is 3. The molecule has 0 bridgehead atoms. The smallest absolute Gasteiger partial charge is 0.139 e. The van der Waals surface area contributed by atoms with Crippen molar-refractivity contribution in [2.45, 2.75) is 191 Å². The predicted octanol–water partition coefficient (Wildman–Crippen LogP) is 7.47. The summed E-state index contributed by atoms with van der Waals surface area (Å²) in [4.78, 5) is 20.0. The molecule has 6 aliphatic rings. The Balaban J connectivity index is 0.000000231. The Morgan fingerprint density at radius 3 is 1.08 bits per heavy atom. The molecule has 9 rings (SSSR count). The van der Waals surface area contributed by atoms with Crippen LogP contribution in [-0.2, 0) is 63.7 Å².